The van der Waals surface area contributed by atoms with Gasteiger partial charge in [0, 0.05) is 25.1 Å². The van der Waals surface area contributed by atoms with Crippen LogP contribution in [0.2, 0.25) is 0 Å². The molecular weight excluding hydrogens is 194 g/mol. The van der Waals surface area contributed by atoms with Crippen molar-refractivity contribution in [1.82, 2.24) is 5.32 Å². The lowest BCUT2D eigenvalue weighted by molar-refractivity contribution is 0.178. The zero-order valence-electron chi connectivity index (χ0n) is 9.44. The lowest BCUT2D eigenvalue weighted by Gasteiger charge is -2.21. The SMILES string of the molecule is CC(CNC(C)C1CCOC1)C(N)=NO. The zero-order chi connectivity index (χ0) is 11.3. The molecule has 1 rings (SSSR count). The van der Waals surface area contributed by atoms with E-state index in [9.17, 15) is 0 Å². The van der Waals surface area contributed by atoms with E-state index >= 15 is 0 Å². The van der Waals surface area contributed by atoms with Crippen molar-refractivity contribution in [2.45, 2.75) is 26.3 Å². The average Bonchev–Trinajstić information content (AvgIpc) is 2.77. The molecule has 1 aliphatic heterocycles. The summed E-state index contributed by atoms with van der Waals surface area (Å²) in [4.78, 5) is 0. The van der Waals surface area contributed by atoms with Gasteiger partial charge in [-0.15, -0.1) is 0 Å². The highest BCUT2D eigenvalue weighted by molar-refractivity contribution is 5.82. The van der Waals surface area contributed by atoms with Crippen molar-refractivity contribution in [2.75, 3.05) is 19.8 Å². The first kappa shape index (κ1) is 12.3. The quantitative estimate of drug-likeness (QED) is 0.268. The Morgan fingerprint density at radius 1 is 1.67 bits per heavy atom. The second-order valence-corrected chi connectivity index (χ2v) is 4.25. The number of hydrogen-bond acceptors (Lipinski definition) is 4. The third-order valence-electron chi connectivity index (χ3n) is 3.04. The number of nitrogens with zero attached hydrogens (tertiary/aromatic N) is 1. The van der Waals surface area contributed by atoms with Crippen molar-refractivity contribution in [2.24, 2.45) is 22.7 Å². The van der Waals surface area contributed by atoms with Gasteiger partial charge >= 0.3 is 0 Å². The molecule has 0 spiro atoms. The summed E-state index contributed by atoms with van der Waals surface area (Å²) in [7, 11) is 0. The molecule has 0 amide bonds. The first-order valence-electron chi connectivity index (χ1n) is 5.43. The number of nitrogens with two attached hydrogens (primary N) is 1. The Morgan fingerprint density at radius 3 is 2.93 bits per heavy atom. The fourth-order valence-electron chi connectivity index (χ4n) is 1.68. The van der Waals surface area contributed by atoms with E-state index < -0.39 is 0 Å². The minimum atomic E-state index is 0.0553. The summed E-state index contributed by atoms with van der Waals surface area (Å²) in [5, 5.41) is 14.9. The molecule has 1 aliphatic rings. The molecule has 0 saturated carbocycles. The van der Waals surface area contributed by atoms with Crippen LogP contribution in [0.25, 0.3) is 0 Å². The Morgan fingerprint density at radius 2 is 2.40 bits per heavy atom. The van der Waals surface area contributed by atoms with Crippen LogP contribution < -0.4 is 11.1 Å². The maximum absolute atomic E-state index is 8.50. The Hall–Kier alpha value is -0.810. The lowest BCUT2D eigenvalue weighted by atomic mass is 10.00. The van der Waals surface area contributed by atoms with Gasteiger partial charge in [0.2, 0.25) is 0 Å². The van der Waals surface area contributed by atoms with E-state index in [-0.39, 0.29) is 11.8 Å². The molecule has 0 aromatic heterocycles. The number of rotatable bonds is 5. The van der Waals surface area contributed by atoms with E-state index in [1.807, 2.05) is 6.92 Å². The van der Waals surface area contributed by atoms with Gasteiger partial charge in [-0.1, -0.05) is 12.1 Å². The first-order valence-corrected chi connectivity index (χ1v) is 5.43. The van der Waals surface area contributed by atoms with Crippen LogP contribution in [-0.2, 0) is 4.74 Å². The maximum atomic E-state index is 8.50. The van der Waals surface area contributed by atoms with Crippen LogP contribution in [0.5, 0.6) is 0 Å². The van der Waals surface area contributed by atoms with E-state index in [0.29, 0.717) is 12.0 Å². The molecule has 3 unspecified atom stereocenters. The molecule has 0 radical (unpaired) electrons. The first-order chi connectivity index (χ1) is 7.15. The van der Waals surface area contributed by atoms with Crippen molar-refractivity contribution >= 4 is 5.84 Å². The van der Waals surface area contributed by atoms with Crippen molar-refractivity contribution in [3.8, 4) is 0 Å². The minimum Gasteiger partial charge on any atom is -0.409 e. The van der Waals surface area contributed by atoms with Gasteiger partial charge in [-0.2, -0.15) is 0 Å². The molecule has 1 fully saturated rings. The smallest absolute Gasteiger partial charge is 0.143 e. The Balaban J connectivity index is 2.23. The molecule has 0 aliphatic carbocycles. The van der Waals surface area contributed by atoms with Crippen LogP contribution >= 0.6 is 0 Å². The summed E-state index contributed by atoms with van der Waals surface area (Å²) in [6.07, 6.45) is 1.12. The molecule has 88 valence electrons. The zero-order valence-corrected chi connectivity index (χ0v) is 9.44. The molecule has 1 heterocycles. The van der Waals surface area contributed by atoms with E-state index in [4.69, 9.17) is 15.7 Å². The second kappa shape index (κ2) is 5.92. The van der Waals surface area contributed by atoms with Gasteiger partial charge in [-0.25, -0.2) is 0 Å². The summed E-state index contributed by atoms with van der Waals surface area (Å²) >= 11 is 0. The van der Waals surface area contributed by atoms with Crippen molar-refractivity contribution in [3.05, 3.63) is 0 Å². The van der Waals surface area contributed by atoms with Gasteiger partial charge in [0.25, 0.3) is 0 Å². The monoisotopic (exact) mass is 215 g/mol. The van der Waals surface area contributed by atoms with Crippen LogP contribution in [0.15, 0.2) is 5.16 Å². The molecule has 0 aromatic carbocycles. The number of nitrogens with one attached hydrogen (secondary N) is 1. The fourth-order valence-corrected chi connectivity index (χ4v) is 1.68. The van der Waals surface area contributed by atoms with Crippen molar-refractivity contribution in [1.29, 1.82) is 0 Å². The van der Waals surface area contributed by atoms with Gasteiger partial charge in [0.15, 0.2) is 0 Å². The standard InChI is InChI=1S/C10H21N3O2/c1-7(10(11)13-14)5-12-8(2)9-3-4-15-6-9/h7-9,12,14H,3-6H2,1-2H3,(H2,11,13). The lowest BCUT2D eigenvalue weighted by Crippen LogP contribution is -2.39. The van der Waals surface area contributed by atoms with Gasteiger partial charge in [-0.3, -0.25) is 0 Å². The molecule has 5 nitrogen and oxygen atoms in total. The van der Waals surface area contributed by atoms with E-state index in [1.165, 1.54) is 0 Å². The van der Waals surface area contributed by atoms with Gasteiger partial charge in [0.05, 0.1) is 6.61 Å². The Bertz CT molecular complexity index is 215. The maximum Gasteiger partial charge on any atom is 0.143 e. The predicted octanol–water partition coefficient (Wildman–Crippen LogP) is 0.384. The molecule has 0 bridgehead atoms. The summed E-state index contributed by atoms with van der Waals surface area (Å²) in [5.74, 6) is 0.918. The second-order valence-electron chi connectivity index (χ2n) is 4.25. The summed E-state index contributed by atoms with van der Waals surface area (Å²) in [6, 6.07) is 0.418. The van der Waals surface area contributed by atoms with Gasteiger partial charge in [-0.05, 0) is 19.3 Å². The van der Waals surface area contributed by atoms with E-state index in [0.717, 1.165) is 26.2 Å². The number of ether oxygens (including phenoxy) is 1. The molecule has 0 aromatic rings. The van der Waals surface area contributed by atoms with Gasteiger partial charge in [0.1, 0.15) is 5.84 Å². The number of amidine groups is 1. The van der Waals surface area contributed by atoms with Crippen LogP contribution in [0.4, 0.5) is 0 Å². The van der Waals surface area contributed by atoms with Crippen molar-refractivity contribution in [3.63, 3.8) is 0 Å². The highest BCUT2D eigenvalue weighted by Gasteiger charge is 2.22. The van der Waals surface area contributed by atoms with E-state index in [2.05, 4.69) is 17.4 Å². The molecular formula is C10H21N3O2. The topological polar surface area (TPSA) is 79.9 Å². The molecule has 1 saturated heterocycles. The normalized spacial score (nSPS) is 26.5. The third-order valence-corrected chi connectivity index (χ3v) is 3.04. The Labute approximate surface area is 90.7 Å². The summed E-state index contributed by atoms with van der Waals surface area (Å²) < 4.78 is 5.33. The van der Waals surface area contributed by atoms with E-state index in [1.54, 1.807) is 0 Å². The highest BCUT2D eigenvalue weighted by Crippen LogP contribution is 2.16. The Kier molecular flexibility index (Phi) is 4.84. The number of hydrogen-bond donors (Lipinski definition) is 3. The fraction of sp³-hybridized carbons (Fsp3) is 0.900. The van der Waals surface area contributed by atoms with Crippen LogP contribution in [0.3, 0.4) is 0 Å². The average molecular weight is 215 g/mol. The van der Waals surface area contributed by atoms with Crippen molar-refractivity contribution < 1.29 is 9.94 Å². The number of oxime groups is 1. The summed E-state index contributed by atoms with van der Waals surface area (Å²) in [5.41, 5.74) is 5.49. The third kappa shape index (κ3) is 3.68. The van der Waals surface area contributed by atoms with Crippen LogP contribution in [0.1, 0.15) is 20.3 Å². The molecule has 3 atom stereocenters. The van der Waals surface area contributed by atoms with Crippen LogP contribution in [-0.4, -0.2) is 36.8 Å². The molecule has 15 heavy (non-hydrogen) atoms. The predicted molar refractivity (Wildman–Crippen MR) is 59.0 cm³/mol. The molecule has 4 N–H and O–H groups in total. The van der Waals surface area contributed by atoms with Gasteiger partial charge < -0.3 is 21.0 Å². The highest BCUT2D eigenvalue weighted by atomic mass is 16.5. The largest absolute Gasteiger partial charge is 0.409 e. The minimum absolute atomic E-state index is 0.0553. The summed E-state index contributed by atoms with van der Waals surface area (Å²) in [6.45, 7) is 6.52. The molecule has 5 heteroatoms. The van der Waals surface area contributed by atoms with Crippen LogP contribution in [0, 0.1) is 11.8 Å².